The zero-order valence-electron chi connectivity index (χ0n) is 12.5. The van der Waals surface area contributed by atoms with Crippen LogP contribution in [-0.2, 0) is 16.9 Å². The molecule has 0 radical (unpaired) electrons. The number of aryl methyl sites for hydroxylation is 1. The van der Waals surface area contributed by atoms with Crippen molar-refractivity contribution in [2.24, 2.45) is 7.05 Å². The molecule has 3 heterocycles. The van der Waals surface area contributed by atoms with Crippen molar-refractivity contribution in [2.45, 2.75) is 10.4 Å². The number of carbonyl (C=O) groups is 1. The lowest BCUT2D eigenvalue weighted by Gasteiger charge is -2.38. The molecular weight excluding hydrogens is 352 g/mol. The molecule has 124 valence electrons. The Hall–Kier alpha value is -2.40. The van der Waals surface area contributed by atoms with E-state index in [0.717, 1.165) is 17.2 Å². The third-order valence-electron chi connectivity index (χ3n) is 4.00. The fraction of sp³-hybridized carbons (Fsp3) is 0.308. The van der Waals surface area contributed by atoms with E-state index in [2.05, 4.69) is 18.9 Å². The Morgan fingerprint density at radius 1 is 1.25 bits per heavy atom. The number of nitrogens with zero attached hydrogens (tertiary/aromatic N) is 6. The van der Waals surface area contributed by atoms with Crippen LogP contribution < -0.4 is 0 Å². The number of amides is 1. The zero-order valence-corrected chi connectivity index (χ0v) is 14.2. The monoisotopic (exact) mass is 364 g/mol. The van der Waals surface area contributed by atoms with Gasteiger partial charge in [0, 0.05) is 25.7 Å². The van der Waals surface area contributed by atoms with Gasteiger partial charge < -0.3 is 9.47 Å². The number of sulfone groups is 1. The van der Waals surface area contributed by atoms with Crippen LogP contribution in [0.25, 0.3) is 11.0 Å². The van der Waals surface area contributed by atoms with Gasteiger partial charge in [-0.15, -0.1) is 10.2 Å². The van der Waals surface area contributed by atoms with Crippen molar-refractivity contribution in [1.29, 1.82) is 0 Å². The Labute approximate surface area is 141 Å². The van der Waals surface area contributed by atoms with Gasteiger partial charge in [0.2, 0.25) is 15.0 Å². The van der Waals surface area contributed by atoms with Crippen LogP contribution in [0.2, 0.25) is 0 Å². The molecule has 0 aliphatic carbocycles. The summed E-state index contributed by atoms with van der Waals surface area (Å²) in [4.78, 5) is 14.0. The Balaban J connectivity index is 1.51. The van der Waals surface area contributed by atoms with E-state index >= 15 is 0 Å². The summed E-state index contributed by atoms with van der Waals surface area (Å²) in [5.74, 6) is -0.214. The highest BCUT2D eigenvalue weighted by Crippen LogP contribution is 2.24. The average molecular weight is 364 g/mol. The highest BCUT2D eigenvalue weighted by molar-refractivity contribution is 7.92. The summed E-state index contributed by atoms with van der Waals surface area (Å²) < 4.78 is 34.5. The summed E-state index contributed by atoms with van der Waals surface area (Å²) in [6.07, 6.45) is 1.34. The van der Waals surface area contributed by atoms with Gasteiger partial charge in [-0.05, 0) is 18.2 Å². The first-order valence-corrected chi connectivity index (χ1v) is 9.34. The molecule has 0 bridgehead atoms. The molecule has 0 saturated carbocycles. The average Bonchev–Trinajstić information content (AvgIpc) is 3.12. The molecule has 3 aromatic rings. The number of aromatic nitrogens is 5. The maximum Gasteiger partial charge on any atom is 0.254 e. The lowest BCUT2D eigenvalue weighted by atomic mass is 10.1. The molecule has 0 unspecified atom stereocenters. The molecule has 1 aliphatic rings. The molecule has 0 spiro atoms. The highest BCUT2D eigenvalue weighted by Gasteiger charge is 2.42. The van der Waals surface area contributed by atoms with Gasteiger partial charge >= 0.3 is 0 Å². The standard InChI is InChI=1S/C13H12N6O3S2/c1-18-7-14-15-13(18)24(21,22)9-5-19(6-9)12(20)8-2-3-10-11(4-8)17-23-16-10/h2-4,7,9H,5-6H2,1H3. The van der Waals surface area contributed by atoms with E-state index in [1.54, 1.807) is 25.2 Å². The molecule has 11 heteroatoms. The van der Waals surface area contributed by atoms with E-state index in [1.165, 1.54) is 15.8 Å². The van der Waals surface area contributed by atoms with Crippen LogP contribution in [0.5, 0.6) is 0 Å². The van der Waals surface area contributed by atoms with E-state index in [0.29, 0.717) is 11.1 Å². The third kappa shape index (κ3) is 2.27. The maximum atomic E-state index is 12.5. The minimum absolute atomic E-state index is 0.0745. The highest BCUT2D eigenvalue weighted by atomic mass is 32.2. The number of benzene rings is 1. The van der Waals surface area contributed by atoms with E-state index < -0.39 is 15.1 Å². The number of hydrogen-bond donors (Lipinski definition) is 0. The summed E-state index contributed by atoms with van der Waals surface area (Å²) in [6.45, 7) is 0.281. The predicted octanol–water partition coefficient (Wildman–Crippen LogP) is 0.118. The van der Waals surface area contributed by atoms with E-state index in [4.69, 9.17) is 0 Å². The second kappa shape index (κ2) is 5.31. The molecule has 1 aromatic carbocycles. The van der Waals surface area contributed by atoms with Crippen LogP contribution >= 0.6 is 11.7 Å². The number of likely N-dealkylation sites (tertiary alicyclic amines) is 1. The topological polar surface area (TPSA) is 111 Å². The Morgan fingerprint density at radius 2 is 2.00 bits per heavy atom. The number of carbonyl (C=O) groups excluding carboxylic acids is 1. The number of hydrogen-bond acceptors (Lipinski definition) is 8. The van der Waals surface area contributed by atoms with Crippen LogP contribution in [0.3, 0.4) is 0 Å². The number of rotatable bonds is 3. The van der Waals surface area contributed by atoms with Crippen molar-refractivity contribution >= 4 is 38.5 Å². The minimum atomic E-state index is -3.59. The van der Waals surface area contributed by atoms with Crippen molar-refractivity contribution in [3.05, 3.63) is 30.1 Å². The van der Waals surface area contributed by atoms with E-state index in [1.807, 2.05) is 0 Å². The Morgan fingerprint density at radius 3 is 2.71 bits per heavy atom. The lowest BCUT2D eigenvalue weighted by Crippen LogP contribution is -2.57. The van der Waals surface area contributed by atoms with Gasteiger partial charge in [0.25, 0.3) is 5.91 Å². The van der Waals surface area contributed by atoms with Gasteiger partial charge in [-0.2, -0.15) is 8.75 Å². The normalized spacial score (nSPS) is 15.6. The molecule has 4 rings (SSSR count). The van der Waals surface area contributed by atoms with E-state index in [9.17, 15) is 13.2 Å². The molecule has 0 N–H and O–H groups in total. The molecule has 9 nitrogen and oxygen atoms in total. The van der Waals surface area contributed by atoms with Gasteiger partial charge in [0.15, 0.2) is 0 Å². The zero-order chi connectivity index (χ0) is 16.9. The summed E-state index contributed by atoms with van der Waals surface area (Å²) in [5, 5.41) is 6.52. The largest absolute Gasteiger partial charge is 0.336 e. The van der Waals surface area contributed by atoms with Gasteiger partial charge in [-0.3, -0.25) is 4.79 Å². The van der Waals surface area contributed by atoms with Gasteiger partial charge in [0.1, 0.15) is 22.6 Å². The molecule has 1 aliphatic heterocycles. The minimum Gasteiger partial charge on any atom is -0.336 e. The summed E-state index contributed by atoms with van der Waals surface area (Å²) in [5.41, 5.74) is 1.88. The summed E-state index contributed by atoms with van der Waals surface area (Å²) in [6, 6.07) is 5.09. The first kappa shape index (κ1) is 15.1. The van der Waals surface area contributed by atoms with Gasteiger partial charge in [0.05, 0.1) is 11.7 Å². The first-order chi connectivity index (χ1) is 11.5. The Kier molecular flexibility index (Phi) is 3.35. The molecule has 1 fully saturated rings. The van der Waals surface area contributed by atoms with Crippen molar-refractivity contribution in [3.8, 4) is 0 Å². The summed E-state index contributed by atoms with van der Waals surface area (Å²) in [7, 11) is -2.01. The van der Waals surface area contributed by atoms with Crippen LogP contribution in [0.4, 0.5) is 0 Å². The molecule has 1 amide bonds. The number of fused-ring (bicyclic) bond motifs is 1. The second-order valence-electron chi connectivity index (χ2n) is 5.57. The fourth-order valence-corrected chi connectivity index (χ4v) is 4.75. The molecular formula is C13H12N6O3S2. The van der Waals surface area contributed by atoms with Crippen molar-refractivity contribution < 1.29 is 13.2 Å². The quantitative estimate of drug-likeness (QED) is 0.649. The second-order valence-corrected chi connectivity index (χ2v) is 8.22. The van der Waals surface area contributed by atoms with Crippen LogP contribution in [0.1, 0.15) is 10.4 Å². The predicted molar refractivity (Wildman–Crippen MR) is 85.3 cm³/mol. The SMILES string of the molecule is Cn1cnnc1S(=O)(=O)C1CN(C(=O)c2ccc3nsnc3c2)C1. The van der Waals surface area contributed by atoms with Crippen LogP contribution in [-0.4, -0.2) is 61.1 Å². The fourth-order valence-electron chi connectivity index (χ4n) is 2.58. The van der Waals surface area contributed by atoms with Crippen molar-refractivity contribution in [2.75, 3.05) is 13.1 Å². The van der Waals surface area contributed by atoms with Crippen molar-refractivity contribution in [3.63, 3.8) is 0 Å². The lowest BCUT2D eigenvalue weighted by molar-refractivity contribution is 0.0658. The molecule has 2 aromatic heterocycles. The molecule has 24 heavy (non-hydrogen) atoms. The van der Waals surface area contributed by atoms with Crippen molar-refractivity contribution in [1.82, 2.24) is 28.4 Å². The van der Waals surface area contributed by atoms with Gasteiger partial charge in [-0.25, -0.2) is 8.42 Å². The summed E-state index contributed by atoms with van der Waals surface area (Å²) >= 11 is 1.09. The smallest absolute Gasteiger partial charge is 0.254 e. The molecule has 1 saturated heterocycles. The van der Waals surface area contributed by atoms with E-state index in [-0.39, 0.29) is 24.2 Å². The van der Waals surface area contributed by atoms with Crippen LogP contribution in [0.15, 0.2) is 29.7 Å². The first-order valence-electron chi connectivity index (χ1n) is 7.06. The maximum absolute atomic E-state index is 12.5. The van der Waals surface area contributed by atoms with Crippen LogP contribution in [0, 0.1) is 0 Å². The Bertz CT molecular complexity index is 1030. The van der Waals surface area contributed by atoms with Gasteiger partial charge in [-0.1, -0.05) is 0 Å². The third-order valence-corrected chi connectivity index (χ3v) is 6.61. The molecule has 0 atom stereocenters.